The summed E-state index contributed by atoms with van der Waals surface area (Å²) in [7, 11) is -3.83. The van der Waals surface area contributed by atoms with Crippen LogP contribution >= 0.6 is 0 Å². The first-order valence-corrected chi connectivity index (χ1v) is 9.92. The molecule has 26 heavy (non-hydrogen) atoms. The first-order chi connectivity index (χ1) is 12.4. The van der Waals surface area contributed by atoms with Gasteiger partial charge in [-0.1, -0.05) is 24.3 Å². The number of anilines is 1. The molecule has 1 unspecified atom stereocenters. The molecule has 1 fully saturated rings. The van der Waals surface area contributed by atoms with Crippen molar-refractivity contribution < 1.29 is 23.1 Å². The summed E-state index contributed by atoms with van der Waals surface area (Å²) in [5.41, 5.74) is 0.468. The molecule has 2 aliphatic heterocycles. The van der Waals surface area contributed by atoms with E-state index in [0.717, 1.165) is 22.5 Å². The molecule has 0 spiro atoms. The number of carboxylic acid groups (broad SMARTS) is 1. The number of amides is 1. The SMILES string of the molecule is O=C(O)C1CCCCN1C(=O)CN1c2cccc3cccc(c23)S1(=O)=O. The molecule has 0 saturated carbocycles. The molecule has 0 aliphatic carbocycles. The molecule has 2 aliphatic rings. The highest BCUT2D eigenvalue weighted by Gasteiger charge is 2.39. The monoisotopic (exact) mass is 374 g/mol. The van der Waals surface area contributed by atoms with Gasteiger partial charge in [0.1, 0.15) is 12.6 Å². The lowest BCUT2D eigenvalue weighted by molar-refractivity contribution is -0.151. The van der Waals surface area contributed by atoms with Crippen LogP contribution in [0.5, 0.6) is 0 Å². The van der Waals surface area contributed by atoms with Crippen molar-refractivity contribution in [2.75, 3.05) is 17.4 Å². The molecule has 1 N–H and O–H groups in total. The number of carbonyl (C=O) groups excluding carboxylic acids is 1. The van der Waals surface area contributed by atoms with Crippen molar-refractivity contribution in [3.8, 4) is 0 Å². The van der Waals surface area contributed by atoms with Crippen LogP contribution in [-0.4, -0.2) is 49.4 Å². The number of nitrogens with zero attached hydrogens (tertiary/aromatic N) is 2. The lowest BCUT2D eigenvalue weighted by Crippen LogP contribution is -2.51. The van der Waals surface area contributed by atoms with E-state index in [2.05, 4.69) is 0 Å². The van der Waals surface area contributed by atoms with Crippen molar-refractivity contribution in [3.05, 3.63) is 36.4 Å². The number of carboxylic acids is 1. The third kappa shape index (κ3) is 2.44. The van der Waals surface area contributed by atoms with E-state index in [9.17, 15) is 23.1 Å². The number of piperidine rings is 1. The molecule has 2 heterocycles. The van der Waals surface area contributed by atoms with Crippen LogP contribution in [0.4, 0.5) is 5.69 Å². The van der Waals surface area contributed by atoms with Crippen LogP contribution in [-0.2, 0) is 19.6 Å². The minimum atomic E-state index is -3.83. The fourth-order valence-electron chi connectivity index (χ4n) is 3.83. The van der Waals surface area contributed by atoms with Gasteiger partial charge in [0.25, 0.3) is 10.0 Å². The minimum Gasteiger partial charge on any atom is -0.480 e. The van der Waals surface area contributed by atoms with Gasteiger partial charge in [-0.05, 0) is 36.8 Å². The lowest BCUT2D eigenvalue weighted by Gasteiger charge is -2.34. The van der Waals surface area contributed by atoms with Gasteiger partial charge < -0.3 is 10.0 Å². The molecule has 7 nitrogen and oxygen atoms in total. The van der Waals surface area contributed by atoms with E-state index in [4.69, 9.17) is 0 Å². The standard InChI is InChI=1S/C18H18N2O5S/c21-16(19-10-2-1-7-14(19)18(22)23)11-20-13-8-3-5-12-6-4-9-15(17(12)13)26(20,24)25/h3-6,8-9,14H,1-2,7,10-11H2,(H,22,23). The maximum absolute atomic E-state index is 12.9. The molecule has 1 atom stereocenters. The molecule has 2 aromatic carbocycles. The third-order valence-corrected chi connectivity index (χ3v) is 6.87. The van der Waals surface area contributed by atoms with Crippen molar-refractivity contribution in [1.29, 1.82) is 0 Å². The van der Waals surface area contributed by atoms with Gasteiger partial charge in [0.15, 0.2) is 0 Å². The number of sulfonamides is 1. The Balaban J connectivity index is 1.70. The Kier molecular flexibility index (Phi) is 3.87. The molecule has 4 rings (SSSR count). The van der Waals surface area contributed by atoms with Crippen molar-refractivity contribution in [2.45, 2.75) is 30.2 Å². The minimum absolute atomic E-state index is 0.187. The van der Waals surface area contributed by atoms with Crippen LogP contribution < -0.4 is 4.31 Å². The van der Waals surface area contributed by atoms with E-state index in [-0.39, 0.29) is 11.4 Å². The van der Waals surface area contributed by atoms with E-state index >= 15 is 0 Å². The average Bonchev–Trinajstić information content (AvgIpc) is 2.85. The Hall–Kier alpha value is -2.61. The predicted octanol–water partition coefficient (Wildman–Crippen LogP) is 1.81. The second kappa shape index (κ2) is 5.98. The zero-order valence-corrected chi connectivity index (χ0v) is 14.8. The summed E-state index contributed by atoms with van der Waals surface area (Å²) in [6, 6.07) is 9.40. The second-order valence-electron chi connectivity index (χ2n) is 6.58. The van der Waals surface area contributed by atoms with Gasteiger partial charge in [0, 0.05) is 11.9 Å². The van der Waals surface area contributed by atoms with Crippen molar-refractivity contribution >= 4 is 38.4 Å². The molecule has 136 valence electrons. The molecular weight excluding hydrogens is 356 g/mol. The summed E-state index contributed by atoms with van der Waals surface area (Å²) in [6.07, 6.45) is 1.86. The molecule has 8 heteroatoms. The normalized spacial score (nSPS) is 21.2. The maximum Gasteiger partial charge on any atom is 0.326 e. The fourth-order valence-corrected chi connectivity index (χ4v) is 5.49. The molecule has 1 saturated heterocycles. The molecule has 0 radical (unpaired) electrons. The number of carbonyl (C=O) groups is 2. The van der Waals surface area contributed by atoms with Gasteiger partial charge in [-0.25, -0.2) is 13.2 Å². The van der Waals surface area contributed by atoms with Crippen molar-refractivity contribution in [3.63, 3.8) is 0 Å². The van der Waals surface area contributed by atoms with Crippen LogP contribution in [0, 0.1) is 0 Å². The number of hydrogen-bond acceptors (Lipinski definition) is 4. The quantitative estimate of drug-likeness (QED) is 0.884. The molecule has 1 amide bonds. The molecule has 0 aromatic heterocycles. The van der Waals surface area contributed by atoms with Gasteiger partial charge in [-0.15, -0.1) is 0 Å². The first-order valence-electron chi connectivity index (χ1n) is 8.48. The van der Waals surface area contributed by atoms with Gasteiger partial charge >= 0.3 is 5.97 Å². The van der Waals surface area contributed by atoms with Crippen LogP contribution in [0.3, 0.4) is 0 Å². The predicted molar refractivity (Wildman–Crippen MR) is 95.5 cm³/mol. The Bertz CT molecular complexity index is 1010. The van der Waals surface area contributed by atoms with Gasteiger partial charge in [-0.3, -0.25) is 9.10 Å². The summed E-state index contributed by atoms with van der Waals surface area (Å²) in [4.78, 5) is 25.7. The first kappa shape index (κ1) is 16.8. The van der Waals surface area contributed by atoms with E-state index in [0.29, 0.717) is 24.0 Å². The van der Waals surface area contributed by atoms with Gasteiger partial charge in [0.05, 0.1) is 10.6 Å². The summed E-state index contributed by atoms with van der Waals surface area (Å²) >= 11 is 0. The smallest absolute Gasteiger partial charge is 0.326 e. The third-order valence-electron chi connectivity index (χ3n) is 5.07. The van der Waals surface area contributed by atoms with E-state index in [1.54, 1.807) is 18.2 Å². The number of rotatable bonds is 3. The summed E-state index contributed by atoms with van der Waals surface area (Å²) in [6.45, 7) is -0.0548. The zero-order valence-electron chi connectivity index (χ0n) is 14.0. The maximum atomic E-state index is 12.9. The highest BCUT2D eigenvalue weighted by Crippen LogP contribution is 2.41. The topological polar surface area (TPSA) is 95.0 Å². The molecular formula is C18H18N2O5S. The zero-order chi connectivity index (χ0) is 18.5. The highest BCUT2D eigenvalue weighted by atomic mass is 32.2. The summed E-state index contributed by atoms with van der Waals surface area (Å²) in [5, 5.41) is 10.8. The Morgan fingerprint density at radius 1 is 1.12 bits per heavy atom. The van der Waals surface area contributed by atoms with Crippen LogP contribution in [0.25, 0.3) is 10.8 Å². The van der Waals surface area contributed by atoms with E-state index in [1.165, 1.54) is 11.0 Å². The number of likely N-dealkylation sites (tertiary alicyclic amines) is 1. The van der Waals surface area contributed by atoms with Gasteiger partial charge in [-0.2, -0.15) is 0 Å². The highest BCUT2D eigenvalue weighted by molar-refractivity contribution is 7.93. The van der Waals surface area contributed by atoms with Gasteiger partial charge in [0.2, 0.25) is 5.91 Å². The number of benzene rings is 2. The Morgan fingerprint density at radius 2 is 1.85 bits per heavy atom. The fraction of sp³-hybridized carbons (Fsp3) is 0.333. The Labute approximate surface area is 150 Å². The van der Waals surface area contributed by atoms with Crippen molar-refractivity contribution in [2.24, 2.45) is 0 Å². The molecule has 2 aromatic rings. The Morgan fingerprint density at radius 3 is 2.58 bits per heavy atom. The van der Waals surface area contributed by atoms with Crippen LogP contribution in [0.2, 0.25) is 0 Å². The van der Waals surface area contributed by atoms with Crippen molar-refractivity contribution in [1.82, 2.24) is 4.90 Å². The molecule has 0 bridgehead atoms. The van der Waals surface area contributed by atoms with Crippen LogP contribution in [0.1, 0.15) is 19.3 Å². The lowest BCUT2D eigenvalue weighted by atomic mass is 10.0. The summed E-state index contributed by atoms with van der Waals surface area (Å²) in [5.74, 6) is -1.53. The van der Waals surface area contributed by atoms with E-state index < -0.39 is 27.9 Å². The largest absolute Gasteiger partial charge is 0.480 e. The number of aliphatic carboxylic acids is 1. The average molecular weight is 374 g/mol. The van der Waals surface area contributed by atoms with Crippen LogP contribution in [0.15, 0.2) is 41.3 Å². The number of hydrogen-bond donors (Lipinski definition) is 1. The second-order valence-corrected chi connectivity index (χ2v) is 8.41. The summed E-state index contributed by atoms with van der Waals surface area (Å²) < 4.78 is 27.0. The van der Waals surface area contributed by atoms with E-state index in [1.807, 2.05) is 12.1 Å².